The molecule has 1 aliphatic carbocycles. The van der Waals surface area contributed by atoms with Gasteiger partial charge in [0.2, 0.25) is 5.91 Å². The predicted octanol–water partition coefficient (Wildman–Crippen LogP) is 2.47. The maximum Gasteiger partial charge on any atom is 0.327 e. The van der Waals surface area contributed by atoms with E-state index in [9.17, 15) is 22.8 Å². The van der Waals surface area contributed by atoms with Gasteiger partial charge in [-0.05, 0) is 49.9 Å². The molecule has 1 saturated carbocycles. The van der Waals surface area contributed by atoms with E-state index >= 15 is 0 Å². The van der Waals surface area contributed by atoms with Crippen LogP contribution in [0.25, 0.3) is 0 Å². The molecule has 2 aliphatic heterocycles. The van der Waals surface area contributed by atoms with E-state index in [0.29, 0.717) is 37.3 Å². The van der Waals surface area contributed by atoms with Gasteiger partial charge in [0.15, 0.2) is 0 Å². The van der Waals surface area contributed by atoms with Crippen LogP contribution in [0.5, 0.6) is 0 Å². The molecule has 1 aromatic carbocycles. The number of anilines is 1. The van der Waals surface area contributed by atoms with Crippen LogP contribution in [0.3, 0.4) is 0 Å². The summed E-state index contributed by atoms with van der Waals surface area (Å²) in [5.74, 6) is -0.371. The molecule has 2 fully saturated rings. The lowest BCUT2D eigenvalue weighted by Crippen LogP contribution is -2.49. The van der Waals surface area contributed by atoms with Crippen molar-refractivity contribution in [3.05, 3.63) is 24.3 Å². The number of carbonyl (C=O) groups excluding carboxylic acids is 3. The van der Waals surface area contributed by atoms with Gasteiger partial charge in [-0.1, -0.05) is 25.7 Å². The summed E-state index contributed by atoms with van der Waals surface area (Å²) in [6.07, 6.45) is 7.48. The van der Waals surface area contributed by atoms with E-state index in [1.165, 1.54) is 29.2 Å². The minimum Gasteiger partial charge on any atom is -0.325 e. The van der Waals surface area contributed by atoms with Gasteiger partial charge in [-0.15, -0.1) is 0 Å². The van der Waals surface area contributed by atoms with E-state index in [-0.39, 0.29) is 17.3 Å². The molecule has 0 radical (unpaired) electrons. The fraction of sp³-hybridized carbons (Fsp3) is 0.565. The number of hydrogen-bond acceptors (Lipinski definition) is 6. The minimum atomic E-state index is -3.77. The molecule has 1 spiro atoms. The molecular formula is C23H31N5O5S. The molecule has 10 nitrogen and oxygen atoms in total. The summed E-state index contributed by atoms with van der Waals surface area (Å²) in [5.41, 5.74) is -0.462. The molecule has 11 heteroatoms. The highest BCUT2D eigenvalue weighted by molar-refractivity contribution is 7.90. The standard InChI is InChI=1S/C23H31N5O5S/c1-27-22(31)28(21(30)23(27)13-5-3-6-14-23)16-20(29)25-17-9-11-18(12-10-17)34(32,33)26-19-8-4-2-7-15-24-19/h9-12H,2-8,13-16H2,1H3,(H,24,26)(H,25,29). The van der Waals surface area contributed by atoms with Crippen molar-refractivity contribution in [1.29, 1.82) is 0 Å². The van der Waals surface area contributed by atoms with Crippen LogP contribution in [0.1, 0.15) is 57.8 Å². The first kappa shape index (κ1) is 24.2. The van der Waals surface area contributed by atoms with Gasteiger partial charge in [0.25, 0.3) is 15.9 Å². The number of carbonyl (C=O) groups is 3. The molecule has 3 aliphatic rings. The lowest BCUT2D eigenvalue weighted by molar-refractivity contribution is -0.136. The third kappa shape index (κ3) is 4.79. The number of urea groups is 1. The Hall–Kier alpha value is -2.95. The number of amidine groups is 1. The smallest absolute Gasteiger partial charge is 0.325 e. The topological polar surface area (TPSA) is 128 Å². The second-order valence-electron chi connectivity index (χ2n) is 9.14. The average Bonchev–Trinajstić information content (AvgIpc) is 3.02. The van der Waals surface area contributed by atoms with Crippen LogP contribution in [-0.4, -0.2) is 67.6 Å². The second-order valence-corrected chi connectivity index (χ2v) is 10.8. The summed E-state index contributed by atoms with van der Waals surface area (Å²) in [5, 5.41) is 2.64. The van der Waals surface area contributed by atoms with Crippen molar-refractivity contribution in [1.82, 2.24) is 14.5 Å². The highest BCUT2D eigenvalue weighted by Crippen LogP contribution is 2.39. The Morgan fingerprint density at radius 2 is 1.71 bits per heavy atom. The van der Waals surface area contributed by atoms with Gasteiger partial charge in [-0.2, -0.15) is 0 Å². The third-order valence-corrected chi connectivity index (χ3v) is 8.26. The van der Waals surface area contributed by atoms with Gasteiger partial charge in [0.1, 0.15) is 17.9 Å². The Morgan fingerprint density at radius 3 is 2.41 bits per heavy atom. The van der Waals surface area contributed by atoms with Crippen LogP contribution < -0.4 is 10.0 Å². The summed E-state index contributed by atoms with van der Waals surface area (Å²) in [7, 11) is -2.15. The summed E-state index contributed by atoms with van der Waals surface area (Å²) in [6.45, 7) is 0.229. The first-order valence-electron chi connectivity index (χ1n) is 11.8. The summed E-state index contributed by atoms with van der Waals surface area (Å²) in [4.78, 5) is 45.2. The monoisotopic (exact) mass is 489 g/mol. The molecule has 0 atom stereocenters. The Kier molecular flexibility index (Phi) is 6.92. The van der Waals surface area contributed by atoms with Crippen molar-refractivity contribution < 1.29 is 22.8 Å². The fourth-order valence-corrected chi connectivity index (χ4v) is 5.99. The molecular weight excluding hydrogens is 458 g/mol. The van der Waals surface area contributed by atoms with Gasteiger partial charge in [0.05, 0.1) is 4.90 Å². The zero-order chi connectivity index (χ0) is 24.3. The Bertz CT molecular complexity index is 1090. The molecule has 0 unspecified atom stereocenters. The number of sulfonamides is 1. The van der Waals surface area contributed by atoms with Crippen molar-refractivity contribution in [2.24, 2.45) is 4.99 Å². The second kappa shape index (κ2) is 9.73. The number of benzene rings is 1. The number of likely N-dealkylation sites (N-methyl/N-ethyl adjacent to an activating group) is 1. The number of aliphatic imine (C=N–C) groups is 1. The van der Waals surface area contributed by atoms with E-state index in [1.54, 1.807) is 7.05 Å². The highest BCUT2D eigenvalue weighted by Gasteiger charge is 2.55. The number of rotatable bonds is 5. The summed E-state index contributed by atoms with van der Waals surface area (Å²) < 4.78 is 27.9. The average molecular weight is 490 g/mol. The lowest BCUT2D eigenvalue weighted by Gasteiger charge is -2.35. The molecule has 34 heavy (non-hydrogen) atoms. The van der Waals surface area contributed by atoms with Crippen LogP contribution in [-0.2, 0) is 19.6 Å². The Balaban J connectivity index is 1.38. The SMILES string of the molecule is CN1C(=O)N(CC(=O)Nc2ccc(S(=O)(=O)NC3=NCCCCC3)cc2)C(=O)C12CCCCC2. The van der Waals surface area contributed by atoms with Crippen LogP contribution in [0.4, 0.5) is 10.5 Å². The number of amides is 4. The van der Waals surface area contributed by atoms with Gasteiger partial charge in [-0.25, -0.2) is 13.2 Å². The molecule has 4 rings (SSSR count). The van der Waals surface area contributed by atoms with Crippen molar-refractivity contribution in [3.8, 4) is 0 Å². The van der Waals surface area contributed by atoms with Crippen molar-refractivity contribution in [2.75, 3.05) is 25.5 Å². The lowest BCUT2D eigenvalue weighted by atomic mass is 9.81. The van der Waals surface area contributed by atoms with Crippen molar-refractivity contribution >= 4 is 39.4 Å². The summed E-state index contributed by atoms with van der Waals surface area (Å²) in [6, 6.07) is 5.28. The van der Waals surface area contributed by atoms with Crippen LogP contribution >= 0.6 is 0 Å². The first-order chi connectivity index (χ1) is 16.2. The number of imide groups is 1. The van der Waals surface area contributed by atoms with Gasteiger partial charge in [0, 0.05) is 25.7 Å². The molecule has 0 bridgehead atoms. The van der Waals surface area contributed by atoms with Crippen LogP contribution in [0.15, 0.2) is 34.2 Å². The minimum absolute atomic E-state index is 0.0585. The molecule has 0 aromatic heterocycles. The number of nitrogens with zero attached hydrogens (tertiary/aromatic N) is 3. The maximum atomic E-state index is 13.0. The molecule has 184 valence electrons. The Labute approximate surface area is 199 Å². The van der Waals surface area contributed by atoms with E-state index in [2.05, 4.69) is 15.0 Å². The normalized spacial score (nSPS) is 20.8. The molecule has 1 aromatic rings. The van der Waals surface area contributed by atoms with Gasteiger partial charge >= 0.3 is 6.03 Å². The van der Waals surface area contributed by atoms with Crippen LogP contribution in [0, 0.1) is 0 Å². The van der Waals surface area contributed by atoms with Crippen molar-refractivity contribution in [2.45, 2.75) is 68.2 Å². The van der Waals surface area contributed by atoms with E-state index in [0.717, 1.165) is 43.4 Å². The highest BCUT2D eigenvalue weighted by atomic mass is 32.2. The quantitative estimate of drug-likeness (QED) is 0.614. The van der Waals surface area contributed by atoms with Crippen LogP contribution in [0.2, 0.25) is 0 Å². The van der Waals surface area contributed by atoms with E-state index in [1.807, 2.05) is 0 Å². The summed E-state index contributed by atoms with van der Waals surface area (Å²) >= 11 is 0. The third-order valence-electron chi connectivity index (χ3n) is 6.86. The largest absolute Gasteiger partial charge is 0.327 e. The zero-order valence-corrected chi connectivity index (χ0v) is 20.2. The number of nitrogens with one attached hydrogen (secondary N) is 2. The molecule has 1 saturated heterocycles. The maximum absolute atomic E-state index is 13.0. The molecule has 2 heterocycles. The number of hydrogen-bond donors (Lipinski definition) is 2. The Morgan fingerprint density at radius 1 is 1.03 bits per heavy atom. The fourth-order valence-electron chi connectivity index (χ4n) is 4.90. The zero-order valence-electron chi connectivity index (χ0n) is 19.4. The first-order valence-corrected chi connectivity index (χ1v) is 13.3. The molecule has 4 amide bonds. The van der Waals surface area contributed by atoms with Gasteiger partial charge < -0.3 is 10.2 Å². The van der Waals surface area contributed by atoms with Crippen molar-refractivity contribution in [3.63, 3.8) is 0 Å². The van der Waals surface area contributed by atoms with E-state index < -0.39 is 27.5 Å². The molecule has 2 N–H and O–H groups in total. The van der Waals surface area contributed by atoms with E-state index in [4.69, 9.17) is 0 Å². The van der Waals surface area contributed by atoms with Gasteiger partial charge in [-0.3, -0.25) is 24.2 Å². The predicted molar refractivity (Wildman–Crippen MR) is 127 cm³/mol.